The summed E-state index contributed by atoms with van der Waals surface area (Å²) in [6, 6.07) is 16.2. The van der Waals surface area contributed by atoms with Gasteiger partial charge in [-0.3, -0.25) is 0 Å². The highest BCUT2D eigenvalue weighted by Crippen LogP contribution is 2.31. The van der Waals surface area contributed by atoms with Crippen molar-refractivity contribution in [1.82, 2.24) is 15.3 Å². The minimum Gasteiger partial charge on any atom is -0.497 e. The molecule has 0 radical (unpaired) electrons. The molecule has 1 aromatic heterocycles. The zero-order chi connectivity index (χ0) is 17.9. The van der Waals surface area contributed by atoms with Gasteiger partial charge in [0.1, 0.15) is 11.6 Å². The maximum atomic E-state index is 5.27. The number of rotatable bonds is 4. The van der Waals surface area contributed by atoms with Crippen LogP contribution >= 0.6 is 0 Å². The first kappa shape index (κ1) is 16.6. The van der Waals surface area contributed by atoms with Gasteiger partial charge < -0.3 is 19.9 Å². The molecule has 0 spiro atoms. The molecule has 134 valence electrons. The third-order valence-corrected chi connectivity index (χ3v) is 4.75. The minimum atomic E-state index is 0.792. The Morgan fingerprint density at radius 1 is 1.00 bits per heavy atom. The van der Waals surface area contributed by atoms with E-state index in [0.717, 1.165) is 60.3 Å². The first-order chi connectivity index (χ1) is 12.8. The molecule has 0 atom stereocenters. The predicted molar refractivity (Wildman–Crippen MR) is 106 cm³/mol. The molecular formula is C20H23N5O. The fourth-order valence-corrected chi connectivity index (χ4v) is 3.24. The number of hydrogen-bond acceptors (Lipinski definition) is 6. The second-order valence-corrected chi connectivity index (χ2v) is 6.36. The molecule has 6 nitrogen and oxygen atoms in total. The lowest BCUT2D eigenvalue weighted by atomic mass is 10.2. The number of hydrogen-bond donors (Lipinski definition) is 1. The Morgan fingerprint density at radius 2 is 1.73 bits per heavy atom. The summed E-state index contributed by atoms with van der Waals surface area (Å²) >= 11 is 0. The smallest absolute Gasteiger partial charge is 0.227 e. The summed E-state index contributed by atoms with van der Waals surface area (Å²) in [6.07, 6.45) is 0. The molecule has 1 aliphatic heterocycles. The molecular weight excluding hydrogens is 326 g/mol. The topological polar surface area (TPSA) is 53.5 Å². The lowest BCUT2D eigenvalue weighted by Crippen LogP contribution is -2.44. The van der Waals surface area contributed by atoms with Gasteiger partial charge in [0.25, 0.3) is 0 Å². The van der Waals surface area contributed by atoms with E-state index in [1.165, 1.54) is 0 Å². The molecule has 3 aromatic rings. The van der Waals surface area contributed by atoms with Crippen LogP contribution < -0.4 is 19.9 Å². The Labute approximate surface area is 153 Å². The summed E-state index contributed by atoms with van der Waals surface area (Å²) in [5.74, 6) is 2.55. The van der Waals surface area contributed by atoms with Crippen molar-refractivity contribution in [2.24, 2.45) is 0 Å². The second kappa shape index (κ2) is 7.17. The fraction of sp³-hybridized carbons (Fsp3) is 0.300. The van der Waals surface area contributed by atoms with Crippen LogP contribution in [0.15, 0.2) is 48.5 Å². The molecule has 2 aromatic carbocycles. The average Bonchev–Trinajstić information content (AvgIpc) is 2.73. The molecule has 1 saturated heterocycles. The van der Waals surface area contributed by atoms with Crippen molar-refractivity contribution < 1.29 is 4.74 Å². The van der Waals surface area contributed by atoms with Gasteiger partial charge in [-0.05, 0) is 36.4 Å². The first-order valence-corrected chi connectivity index (χ1v) is 8.86. The molecule has 0 bridgehead atoms. The van der Waals surface area contributed by atoms with E-state index in [0.29, 0.717) is 0 Å². The van der Waals surface area contributed by atoms with E-state index in [1.54, 1.807) is 7.11 Å². The number of anilines is 3. The molecule has 0 unspecified atom stereocenters. The Kier molecular flexibility index (Phi) is 4.58. The van der Waals surface area contributed by atoms with E-state index in [-0.39, 0.29) is 0 Å². The number of nitrogens with one attached hydrogen (secondary N) is 1. The molecule has 1 N–H and O–H groups in total. The summed E-state index contributed by atoms with van der Waals surface area (Å²) in [5, 5.41) is 4.42. The van der Waals surface area contributed by atoms with Gasteiger partial charge in [-0.25, -0.2) is 4.98 Å². The average molecular weight is 349 g/mol. The van der Waals surface area contributed by atoms with Gasteiger partial charge in [-0.1, -0.05) is 12.1 Å². The van der Waals surface area contributed by atoms with Crippen LogP contribution in [0.1, 0.15) is 0 Å². The minimum absolute atomic E-state index is 0.792. The summed E-state index contributed by atoms with van der Waals surface area (Å²) in [7, 11) is 3.72. The predicted octanol–water partition coefficient (Wildman–Crippen LogP) is 2.82. The molecule has 6 heteroatoms. The van der Waals surface area contributed by atoms with Crippen LogP contribution in [-0.2, 0) is 0 Å². The number of methoxy groups -OCH3 is 1. The maximum Gasteiger partial charge on any atom is 0.227 e. The quantitative estimate of drug-likeness (QED) is 0.782. The van der Waals surface area contributed by atoms with Gasteiger partial charge in [0.05, 0.1) is 12.6 Å². The molecule has 2 heterocycles. The summed E-state index contributed by atoms with van der Waals surface area (Å²) < 4.78 is 5.27. The highest BCUT2D eigenvalue weighted by atomic mass is 16.5. The van der Waals surface area contributed by atoms with Gasteiger partial charge in [0.2, 0.25) is 5.95 Å². The van der Waals surface area contributed by atoms with Crippen molar-refractivity contribution in [2.45, 2.75) is 0 Å². The molecule has 1 fully saturated rings. The van der Waals surface area contributed by atoms with Crippen molar-refractivity contribution in [3.05, 3.63) is 48.5 Å². The Morgan fingerprint density at radius 3 is 2.46 bits per heavy atom. The highest BCUT2D eigenvalue weighted by Gasteiger charge is 2.18. The van der Waals surface area contributed by atoms with Crippen LogP contribution in [-0.4, -0.2) is 50.3 Å². The van der Waals surface area contributed by atoms with Crippen LogP contribution in [0.25, 0.3) is 10.9 Å². The Balaban J connectivity index is 1.78. The lowest BCUT2D eigenvalue weighted by molar-refractivity contribution is 0.415. The molecule has 26 heavy (non-hydrogen) atoms. The van der Waals surface area contributed by atoms with Gasteiger partial charge in [0.15, 0.2) is 0 Å². The third kappa shape index (κ3) is 3.15. The fourth-order valence-electron chi connectivity index (χ4n) is 3.24. The van der Waals surface area contributed by atoms with Gasteiger partial charge >= 0.3 is 0 Å². The number of fused-ring (bicyclic) bond motifs is 1. The molecule has 4 rings (SSSR count). The van der Waals surface area contributed by atoms with E-state index in [9.17, 15) is 0 Å². The molecule has 0 saturated carbocycles. The first-order valence-electron chi connectivity index (χ1n) is 8.86. The largest absolute Gasteiger partial charge is 0.497 e. The molecule has 1 aliphatic rings. The van der Waals surface area contributed by atoms with Crippen LogP contribution in [0.5, 0.6) is 5.75 Å². The van der Waals surface area contributed by atoms with Gasteiger partial charge in [-0.15, -0.1) is 0 Å². The van der Waals surface area contributed by atoms with E-state index < -0.39 is 0 Å². The number of piperazine rings is 1. The third-order valence-electron chi connectivity index (χ3n) is 4.75. The Hall–Kier alpha value is -2.86. The number of para-hydroxylation sites is 1. The van der Waals surface area contributed by atoms with Crippen molar-refractivity contribution in [1.29, 1.82) is 0 Å². The number of nitrogens with zero attached hydrogens (tertiary/aromatic N) is 4. The number of benzene rings is 2. The van der Waals surface area contributed by atoms with Crippen LogP contribution in [0.4, 0.5) is 17.5 Å². The number of aromatic nitrogens is 2. The Bertz CT molecular complexity index is 890. The molecule has 0 amide bonds. The summed E-state index contributed by atoms with van der Waals surface area (Å²) in [6.45, 7) is 3.76. The van der Waals surface area contributed by atoms with Crippen LogP contribution in [0.3, 0.4) is 0 Å². The van der Waals surface area contributed by atoms with Crippen molar-refractivity contribution in [2.75, 3.05) is 50.1 Å². The summed E-state index contributed by atoms with van der Waals surface area (Å²) in [5.41, 5.74) is 2.02. The van der Waals surface area contributed by atoms with Crippen molar-refractivity contribution >= 4 is 28.4 Å². The van der Waals surface area contributed by atoms with E-state index >= 15 is 0 Å². The van der Waals surface area contributed by atoms with Gasteiger partial charge in [-0.2, -0.15) is 4.98 Å². The maximum absolute atomic E-state index is 5.27. The number of ether oxygens (including phenoxy) is 1. The SMILES string of the molecule is COc1ccc(N(C)c2nc(N3CCNCC3)nc3ccccc23)cc1. The zero-order valence-electron chi connectivity index (χ0n) is 15.1. The standard InChI is InChI=1S/C20H23N5O/c1-24(15-7-9-16(26-2)10-8-15)19-17-5-3-4-6-18(17)22-20(23-19)25-13-11-21-12-14-25/h3-10,21H,11-14H2,1-2H3. The molecule has 0 aliphatic carbocycles. The second-order valence-electron chi connectivity index (χ2n) is 6.36. The van der Waals surface area contributed by atoms with Crippen molar-refractivity contribution in [3.8, 4) is 5.75 Å². The summed E-state index contributed by atoms with van der Waals surface area (Å²) in [4.78, 5) is 14.1. The highest BCUT2D eigenvalue weighted by molar-refractivity contribution is 5.92. The van der Waals surface area contributed by atoms with E-state index in [1.807, 2.05) is 49.5 Å². The van der Waals surface area contributed by atoms with E-state index in [2.05, 4.69) is 21.2 Å². The van der Waals surface area contributed by atoms with Crippen LogP contribution in [0, 0.1) is 0 Å². The monoisotopic (exact) mass is 349 g/mol. The van der Waals surface area contributed by atoms with Gasteiger partial charge in [0, 0.05) is 44.3 Å². The van der Waals surface area contributed by atoms with Crippen LogP contribution in [0.2, 0.25) is 0 Å². The normalized spacial score (nSPS) is 14.5. The lowest BCUT2D eigenvalue weighted by Gasteiger charge is -2.29. The van der Waals surface area contributed by atoms with E-state index in [4.69, 9.17) is 14.7 Å². The zero-order valence-corrected chi connectivity index (χ0v) is 15.1. The van der Waals surface area contributed by atoms with Crippen molar-refractivity contribution in [3.63, 3.8) is 0 Å².